The fraction of sp³-hybridized carbons (Fsp3) is 0.450. The van der Waals surface area contributed by atoms with Gasteiger partial charge in [0, 0.05) is 32.6 Å². The number of nitrogens with zero attached hydrogens (tertiary/aromatic N) is 2. The van der Waals surface area contributed by atoms with Gasteiger partial charge in [-0.1, -0.05) is 6.07 Å². The molecule has 1 unspecified atom stereocenters. The van der Waals surface area contributed by atoms with Gasteiger partial charge in [0.2, 0.25) is 5.91 Å². The molecule has 0 saturated carbocycles. The van der Waals surface area contributed by atoms with Crippen LogP contribution in [0.5, 0.6) is 5.75 Å². The molecule has 2 amide bonds. The van der Waals surface area contributed by atoms with Crippen molar-refractivity contribution in [3.8, 4) is 5.75 Å². The lowest BCUT2D eigenvalue weighted by atomic mass is 9.94. The summed E-state index contributed by atoms with van der Waals surface area (Å²) in [7, 11) is 1.49. The molecule has 0 bridgehead atoms. The largest absolute Gasteiger partial charge is 0.497 e. The number of amides is 2. The van der Waals surface area contributed by atoms with E-state index in [9.17, 15) is 14.0 Å². The summed E-state index contributed by atoms with van der Waals surface area (Å²) in [6, 6.07) is 4.69. The number of hydrogen-bond acceptors (Lipinski definition) is 4. The van der Waals surface area contributed by atoms with Gasteiger partial charge in [-0.3, -0.25) is 14.3 Å². The van der Waals surface area contributed by atoms with E-state index in [2.05, 4.69) is 15.7 Å². The first-order valence-electron chi connectivity index (χ1n) is 9.37. The highest BCUT2D eigenvalue weighted by atomic mass is 19.1. The zero-order valence-corrected chi connectivity index (χ0v) is 16.1. The Bertz CT molecular complexity index is 865. The van der Waals surface area contributed by atoms with Crippen LogP contribution in [-0.2, 0) is 24.2 Å². The van der Waals surface area contributed by atoms with Gasteiger partial charge < -0.3 is 15.4 Å². The van der Waals surface area contributed by atoms with Gasteiger partial charge >= 0.3 is 0 Å². The predicted octanol–water partition coefficient (Wildman–Crippen LogP) is 1.70. The van der Waals surface area contributed by atoms with Crippen molar-refractivity contribution in [2.45, 2.75) is 32.7 Å². The standard InChI is InChI=1S/C20H25FN4O3/c1-13(26)23-11-14-6-8-25-19(9-14)17(12-24-25)20(27)22-7-5-15-3-4-16(28-2)10-18(15)21/h3-4,10,12,14H,5-9,11H2,1-2H3,(H,22,27)(H,23,26). The van der Waals surface area contributed by atoms with Crippen LogP contribution in [0.3, 0.4) is 0 Å². The van der Waals surface area contributed by atoms with Crippen LogP contribution in [0.25, 0.3) is 0 Å². The van der Waals surface area contributed by atoms with E-state index < -0.39 is 0 Å². The Kier molecular flexibility index (Phi) is 6.28. The Labute approximate surface area is 163 Å². The van der Waals surface area contributed by atoms with E-state index in [1.807, 2.05) is 4.68 Å². The minimum Gasteiger partial charge on any atom is -0.497 e. The normalized spacial score (nSPS) is 15.6. The number of carbonyl (C=O) groups is 2. The van der Waals surface area contributed by atoms with Gasteiger partial charge in [0.05, 0.1) is 24.6 Å². The molecule has 2 N–H and O–H groups in total. The lowest BCUT2D eigenvalue weighted by Crippen LogP contribution is -2.33. The van der Waals surface area contributed by atoms with Crippen LogP contribution < -0.4 is 15.4 Å². The molecule has 150 valence electrons. The number of nitrogens with one attached hydrogen (secondary N) is 2. The number of aromatic nitrogens is 2. The second-order valence-corrected chi connectivity index (χ2v) is 6.99. The Morgan fingerprint density at radius 1 is 1.36 bits per heavy atom. The van der Waals surface area contributed by atoms with Crippen molar-refractivity contribution in [1.82, 2.24) is 20.4 Å². The fourth-order valence-electron chi connectivity index (χ4n) is 3.41. The third kappa shape index (κ3) is 4.68. The number of benzene rings is 1. The molecule has 7 nitrogen and oxygen atoms in total. The van der Waals surface area contributed by atoms with E-state index in [1.54, 1.807) is 18.3 Å². The lowest BCUT2D eigenvalue weighted by molar-refractivity contribution is -0.119. The average Bonchev–Trinajstić information content (AvgIpc) is 3.10. The molecule has 1 aromatic carbocycles. The number of halogens is 1. The van der Waals surface area contributed by atoms with Crippen molar-refractivity contribution >= 4 is 11.8 Å². The summed E-state index contributed by atoms with van der Waals surface area (Å²) >= 11 is 0. The highest BCUT2D eigenvalue weighted by Gasteiger charge is 2.25. The molecule has 0 radical (unpaired) electrons. The zero-order valence-electron chi connectivity index (χ0n) is 16.1. The van der Waals surface area contributed by atoms with Gasteiger partial charge in [0.25, 0.3) is 5.91 Å². The molecule has 0 aliphatic carbocycles. The maximum Gasteiger partial charge on any atom is 0.254 e. The summed E-state index contributed by atoms with van der Waals surface area (Å²) in [6.07, 6.45) is 3.57. The highest BCUT2D eigenvalue weighted by Crippen LogP contribution is 2.23. The van der Waals surface area contributed by atoms with Crippen LogP contribution in [0.4, 0.5) is 4.39 Å². The maximum absolute atomic E-state index is 14.0. The fourth-order valence-corrected chi connectivity index (χ4v) is 3.41. The van der Waals surface area contributed by atoms with Crippen LogP contribution in [0.2, 0.25) is 0 Å². The molecule has 1 aliphatic rings. The van der Waals surface area contributed by atoms with E-state index in [-0.39, 0.29) is 23.5 Å². The monoisotopic (exact) mass is 388 g/mol. The first-order valence-corrected chi connectivity index (χ1v) is 9.37. The van der Waals surface area contributed by atoms with Crippen molar-refractivity contribution in [3.05, 3.63) is 47.0 Å². The molecule has 1 atom stereocenters. The summed E-state index contributed by atoms with van der Waals surface area (Å²) in [5, 5.41) is 9.99. The molecular weight excluding hydrogens is 363 g/mol. The lowest BCUT2D eigenvalue weighted by Gasteiger charge is -2.24. The number of fused-ring (bicyclic) bond motifs is 1. The van der Waals surface area contributed by atoms with Gasteiger partial charge in [0.1, 0.15) is 11.6 Å². The summed E-state index contributed by atoms with van der Waals surface area (Å²) in [5.74, 6) is 0.133. The van der Waals surface area contributed by atoms with E-state index >= 15 is 0 Å². The van der Waals surface area contributed by atoms with Crippen molar-refractivity contribution in [2.24, 2.45) is 5.92 Å². The second kappa shape index (κ2) is 8.86. The first-order chi connectivity index (χ1) is 13.5. The van der Waals surface area contributed by atoms with E-state index in [4.69, 9.17) is 4.74 Å². The minimum absolute atomic E-state index is 0.0530. The predicted molar refractivity (Wildman–Crippen MR) is 102 cm³/mol. The number of rotatable bonds is 7. The van der Waals surface area contributed by atoms with Gasteiger partial charge in [-0.15, -0.1) is 0 Å². The number of carbonyl (C=O) groups excluding carboxylic acids is 2. The molecule has 3 rings (SSSR count). The van der Waals surface area contributed by atoms with Crippen LogP contribution in [0.1, 0.15) is 35.0 Å². The number of hydrogen-bond donors (Lipinski definition) is 2. The minimum atomic E-state index is -0.350. The van der Waals surface area contributed by atoms with Crippen LogP contribution >= 0.6 is 0 Å². The Balaban J connectivity index is 1.57. The van der Waals surface area contributed by atoms with Crippen molar-refractivity contribution < 1.29 is 18.7 Å². The van der Waals surface area contributed by atoms with Gasteiger partial charge in [0.15, 0.2) is 0 Å². The zero-order chi connectivity index (χ0) is 20.1. The van der Waals surface area contributed by atoms with Crippen LogP contribution in [-0.4, -0.2) is 41.8 Å². The molecule has 0 saturated heterocycles. The van der Waals surface area contributed by atoms with Crippen LogP contribution in [0.15, 0.2) is 24.4 Å². The average molecular weight is 388 g/mol. The van der Waals surface area contributed by atoms with Gasteiger partial charge in [-0.25, -0.2) is 4.39 Å². The van der Waals surface area contributed by atoms with Crippen LogP contribution in [0, 0.1) is 11.7 Å². The molecular formula is C20H25FN4O3. The molecule has 1 aromatic heterocycles. The summed E-state index contributed by atoms with van der Waals surface area (Å²) in [6.45, 7) is 3.14. The van der Waals surface area contributed by atoms with Crippen molar-refractivity contribution in [3.63, 3.8) is 0 Å². The Morgan fingerprint density at radius 3 is 2.89 bits per heavy atom. The summed E-state index contributed by atoms with van der Waals surface area (Å²) < 4.78 is 20.8. The topological polar surface area (TPSA) is 85.2 Å². The molecule has 2 heterocycles. The molecule has 28 heavy (non-hydrogen) atoms. The third-order valence-corrected chi connectivity index (χ3v) is 5.00. The summed E-state index contributed by atoms with van der Waals surface area (Å²) in [4.78, 5) is 23.7. The quantitative estimate of drug-likeness (QED) is 0.756. The number of aryl methyl sites for hydroxylation is 1. The number of methoxy groups -OCH3 is 1. The number of ether oxygens (including phenoxy) is 1. The SMILES string of the molecule is COc1ccc(CCNC(=O)c2cnn3c2CC(CNC(C)=O)CC3)c(F)c1. The molecule has 8 heteroatoms. The van der Waals surface area contributed by atoms with E-state index in [0.29, 0.717) is 42.8 Å². The third-order valence-electron chi connectivity index (χ3n) is 5.00. The van der Waals surface area contributed by atoms with E-state index in [0.717, 1.165) is 18.7 Å². The smallest absolute Gasteiger partial charge is 0.254 e. The maximum atomic E-state index is 14.0. The van der Waals surface area contributed by atoms with Gasteiger partial charge in [-0.05, 0) is 36.8 Å². The van der Waals surface area contributed by atoms with Crippen molar-refractivity contribution in [2.75, 3.05) is 20.2 Å². The molecule has 0 spiro atoms. The second-order valence-electron chi connectivity index (χ2n) is 6.99. The first kappa shape index (κ1) is 19.9. The van der Waals surface area contributed by atoms with Gasteiger partial charge in [-0.2, -0.15) is 5.10 Å². The molecule has 0 fully saturated rings. The summed E-state index contributed by atoms with van der Waals surface area (Å²) in [5.41, 5.74) is 1.95. The highest BCUT2D eigenvalue weighted by molar-refractivity contribution is 5.95. The Morgan fingerprint density at radius 2 is 2.18 bits per heavy atom. The molecule has 1 aliphatic heterocycles. The van der Waals surface area contributed by atoms with Crippen molar-refractivity contribution in [1.29, 1.82) is 0 Å². The van der Waals surface area contributed by atoms with E-state index in [1.165, 1.54) is 20.1 Å². The Hall–Kier alpha value is -2.90. The molecule has 2 aromatic rings.